The Morgan fingerprint density at radius 2 is 1.87 bits per heavy atom. The van der Waals surface area contributed by atoms with Crippen molar-refractivity contribution >= 4 is 0 Å². The first-order valence-electron chi connectivity index (χ1n) is 7.39. The van der Waals surface area contributed by atoms with Crippen LogP contribution in [0.4, 0.5) is 0 Å². The van der Waals surface area contributed by atoms with Gasteiger partial charge < -0.3 is 28.8 Å². The fourth-order valence-electron chi connectivity index (χ4n) is 3.48. The Morgan fingerprint density at radius 3 is 2.70 bits per heavy atom. The lowest BCUT2D eigenvalue weighted by Gasteiger charge is -2.29. The van der Waals surface area contributed by atoms with Crippen LogP contribution in [0.2, 0.25) is 0 Å². The molecule has 0 saturated carbocycles. The van der Waals surface area contributed by atoms with E-state index in [1.807, 2.05) is 18.2 Å². The second-order valence-electron chi connectivity index (χ2n) is 5.74. The minimum Gasteiger partial charge on any atom is -0.504 e. The summed E-state index contributed by atoms with van der Waals surface area (Å²) >= 11 is 0. The molecule has 0 radical (unpaired) electrons. The van der Waals surface area contributed by atoms with Gasteiger partial charge in [-0.05, 0) is 18.2 Å². The fourth-order valence-corrected chi connectivity index (χ4v) is 3.48. The van der Waals surface area contributed by atoms with Crippen molar-refractivity contribution in [1.82, 2.24) is 0 Å². The molecule has 0 aromatic heterocycles. The third kappa shape index (κ3) is 1.63. The minimum atomic E-state index is -0.175. The lowest BCUT2D eigenvalue weighted by atomic mass is 9.89. The average molecular weight is 314 g/mol. The zero-order valence-electron chi connectivity index (χ0n) is 12.4. The Morgan fingerprint density at radius 1 is 1.04 bits per heavy atom. The van der Waals surface area contributed by atoms with Crippen LogP contribution in [0.1, 0.15) is 23.1 Å². The van der Waals surface area contributed by atoms with Crippen LogP contribution in [0.5, 0.6) is 34.5 Å². The van der Waals surface area contributed by atoms with Gasteiger partial charge in [0.1, 0.15) is 11.9 Å². The summed E-state index contributed by atoms with van der Waals surface area (Å²) in [6, 6.07) is 7.25. The van der Waals surface area contributed by atoms with E-state index in [-0.39, 0.29) is 24.6 Å². The Balaban J connectivity index is 1.61. The van der Waals surface area contributed by atoms with Crippen LogP contribution in [0.15, 0.2) is 24.3 Å². The summed E-state index contributed by atoms with van der Waals surface area (Å²) in [6.45, 7) is 0.687. The van der Waals surface area contributed by atoms with E-state index in [2.05, 4.69) is 0 Å². The Bertz CT molecular complexity index is 815. The zero-order chi connectivity index (χ0) is 15.6. The predicted molar refractivity (Wildman–Crippen MR) is 78.8 cm³/mol. The van der Waals surface area contributed by atoms with Crippen molar-refractivity contribution in [3.8, 4) is 34.5 Å². The highest BCUT2D eigenvalue weighted by atomic mass is 16.7. The highest BCUT2D eigenvalue weighted by Crippen LogP contribution is 2.56. The Labute approximate surface area is 132 Å². The number of rotatable bonds is 1. The zero-order valence-corrected chi connectivity index (χ0v) is 12.4. The van der Waals surface area contributed by atoms with Crippen LogP contribution >= 0.6 is 0 Å². The average Bonchev–Trinajstić information content (AvgIpc) is 3.15. The molecule has 6 heteroatoms. The fraction of sp³-hybridized carbons (Fsp3) is 0.294. The maximum Gasteiger partial charge on any atom is 0.231 e. The largest absolute Gasteiger partial charge is 0.504 e. The highest BCUT2D eigenvalue weighted by molar-refractivity contribution is 5.61. The predicted octanol–water partition coefficient (Wildman–Crippen LogP) is 2.74. The summed E-state index contributed by atoms with van der Waals surface area (Å²) in [4.78, 5) is 0. The van der Waals surface area contributed by atoms with Gasteiger partial charge in [0.15, 0.2) is 23.0 Å². The lowest BCUT2D eigenvalue weighted by molar-refractivity contribution is 0.134. The molecule has 2 aromatic carbocycles. The van der Waals surface area contributed by atoms with Crippen molar-refractivity contribution in [2.45, 2.75) is 12.0 Å². The third-order valence-corrected chi connectivity index (χ3v) is 4.56. The summed E-state index contributed by atoms with van der Waals surface area (Å²) in [7, 11) is 1.51. The van der Waals surface area contributed by atoms with Gasteiger partial charge in [-0.15, -0.1) is 0 Å². The summed E-state index contributed by atoms with van der Waals surface area (Å²) in [5.74, 6) is 3.24. The van der Waals surface area contributed by atoms with Gasteiger partial charge in [-0.3, -0.25) is 0 Å². The van der Waals surface area contributed by atoms with Crippen LogP contribution in [0.3, 0.4) is 0 Å². The molecule has 0 unspecified atom stereocenters. The van der Waals surface area contributed by atoms with Crippen LogP contribution in [0.25, 0.3) is 0 Å². The first-order chi connectivity index (χ1) is 11.3. The van der Waals surface area contributed by atoms with Gasteiger partial charge in [-0.1, -0.05) is 0 Å². The molecule has 2 atom stereocenters. The van der Waals surface area contributed by atoms with Crippen LogP contribution in [-0.2, 0) is 0 Å². The summed E-state index contributed by atoms with van der Waals surface area (Å²) in [6.07, 6.45) is -0.175. The molecular formula is C17H14O6. The molecule has 0 bridgehead atoms. The maximum atomic E-state index is 9.91. The number of hydrogen-bond acceptors (Lipinski definition) is 6. The molecule has 118 valence electrons. The topological polar surface area (TPSA) is 66.4 Å². The second kappa shape index (κ2) is 4.38. The highest BCUT2D eigenvalue weighted by Gasteiger charge is 2.43. The monoisotopic (exact) mass is 314 g/mol. The molecule has 3 aliphatic rings. The number of benzene rings is 2. The van der Waals surface area contributed by atoms with Crippen molar-refractivity contribution in [1.29, 1.82) is 0 Å². The molecular weight excluding hydrogens is 300 g/mol. The molecule has 23 heavy (non-hydrogen) atoms. The van der Waals surface area contributed by atoms with Crippen molar-refractivity contribution in [3.63, 3.8) is 0 Å². The molecule has 3 heterocycles. The molecule has 3 aliphatic heterocycles. The number of phenols is 1. The molecule has 6 nitrogen and oxygen atoms in total. The summed E-state index contributed by atoms with van der Waals surface area (Å²) in [5.41, 5.74) is 1.92. The van der Waals surface area contributed by atoms with Crippen molar-refractivity contribution in [2.75, 3.05) is 20.5 Å². The van der Waals surface area contributed by atoms with E-state index in [4.69, 9.17) is 23.7 Å². The Hall–Kier alpha value is -2.76. The molecule has 0 saturated heterocycles. The van der Waals surface area contributed by atoms with Gasteiger partial charge in [0.05, 0.1) is 19.6 Å². The number of aromatic hydroxyl groups is 1. The SMILES string of the molecule is COc1c(O)ccc2c1OC[C@@H]1c3cc4c(cc3O[C@H]21)OCO4. The maximum absolute atomic E-state index is 9.91. The van der Waals surface area contributed by atoms with Gasteiger partial charge in [0, 0.05) is 17.2 Å². The number of hydrogen-bond donors (Lipinski definition) is 1. The number of ether oxygens (including phenoxy) is 5. The van der Waals surface area contributed by atoms with Crippen LogP contribution in [0, 0.1) is 0 Å². The molecule has 0 amide bonds. The van der Waals surface area contributed by atoms with Gasteiger partial charge in [-0.25, -0.2) is 0 Å². The van der Waals surface area contributed by atoms with E-state index in [9.17, 15) is 5.11 Å². The van der Waals surface area contributed by atoms with Crippen molar-refractivity contribution in [2.24, 2.45) is 0 Å². The number of fused-ring (bicyclic) bond motifs is 6. The van der Waals surface area contributed by atoms with Crippen LogP contribution < -0.4 is 23.7 Å². The minimum absolute atomic E-state index is 0.0565. The molecule has 2 aromatic rings. The van der Waals surface area contributed by atoms with Gasteiger partial charge >= 0.3 is 0 Å². The van der Waals surface area contributed by atoms with Crippen LogP contribution in [-0.4, -0.2) is 25.6 Å². The van der Waals surface area contributed by atoms with Crippen molar-refractivity contribution in [3.05, 3.63) is 35.4 Å². The molecule has 0 fully saturated rings. The van der Waals surface area contributed by atoms with E-state index >= 15 is 0 Å². The van der Waals surface area contributed by atoms with E-state index in [1.54, 1.807) is 6.07 Å². The quantitative estimate of drug-likeness (QED) is 0.873. The van der Waals surface area contributed by atoms with E-state index < -0.39 is 0 Å². The van der Waals surface area contributed by atoms with Gasteiger partial charge in [-0.2, -0.15) is 0 Å². The smallest absolute Gasteiger partial charge is 0.231 e. The second-order valence-corrected chi connectivity index (χ2v) is 5.74. The number of phenolic OH excluding ortho intramolecular Hbond substituents is 1. The normalized spacial score (nSPS) is 22.5. The first kappa shape index (κ1) is 12.8. The molecule has 0 spiro atoms. The molecule has 1 N–H and O–H groups in total. The van der Waals surface area contributed by atoms with Crippen molar-refractivity contribution < 1.29 is 28.8 Å². The molecule has 0 aliphatic carbocycles. The molecule has 5 rings (SSSR count). The van der Waals surface area contributed by atoms with Gasteiger partial charge in [0.2, 0.25) is 12.5 Å². The van der Waals surface area contributed by atoms with E-state index in [0.717, 1.165) is 22.6 Å². The Kier molecular flexibility index (Phi) is 2.43. The van der Waals surface area contributed by atoms with E-state index in [0.29, 0.717) is 23.9 Å². The standard InChI is InChI=1S/C17H14O6/c1-19-17-11(18)3-2-8-15-10(6-20-16(8)17)9-4-13-14(22-7-21-13)5-12(9)23-15/h2-5,10,15,18H,6-7H2,1H3/t10-,15-/m1/s1. The first-order valence-corrected chi connectivity index (χ1v) is 7.39. The van der Waals surface area contributed by atoms with E-state index in [1.165, 1.54) is 7.11 Å². The van der Waals surface area contributed by atoms with Gasteiger partial charge in [0.25, 0.3) is 0 Å². The lowest BCUT2D eigenvalue weighted by Crippen LogP contribution is -2.23. The third-order valence-electron chi connectivity index (χ3n) is 4.56. The summed E-state index contributed by atoms with van der Waals surface area (Å²) in [5, 5.41) is 9.91. The number of methoxy groups -OCH3 is 1. The summed E-state index contributed by atoms with van der Waals surface area (Å²) < 4.78 is 28.2.